The van der Waals surface area contributed by atoms with Gasteiger partial charge >= 0.3 is 6.03 Å². The number of amides is 2. The van der Waals surface area contributed by atoms with Gasteiger partial charge in [-0.25, -0.2) is 9.78 Å². The number of para-hydroxylation sites is 1. The summed E-state index contributed by atoms with van der Waals surface area (Å²) in [7, 11) is 0. The van der Waals surface area contributed by atoms with Gasteiger partial charge in [0.15, 0.2) is 0 Å². The number of urea groups is 1. The van der Waals surface area contributed by atoms with Gasteiger partial charge in [0.25, 0.3) is 0 Å². The average molecular weight is 312 g/mol. The summed E-state index contributed by atoms with van der Waals surface area (Å²) in [6, 6.07) is 11.7. The summed E-state index contributed by atoms with van der Waals surface area (Å²) >= 11 is 1.63. The van der Waals surface area contributed by atoms with Gasteiger partial charge in [-0.2, -0.15) is 0 Å². The number of thiophene rings is 1. The molecule has 0 saturated heterocycles. The van der Waals surface area contributed by atoms with Crippen molar-refractivity contribution in [2.45, 2.75) is 13.1 Å². The second-order valence-electron chi connectivity index (χ2n) is 4.71. The van der Waals surface area contributed by atoms with Crippen molar-refractivity contribution < 1.29 is 4.79 Å². The molecule has 2 aromatic heterocycles. The zero-order chi connectivity index (χ0) is 15.2. The molecule has 0 radical (unpaired) electrons. The molecule has 6 heteroatoms. The van der Waals surface area contributed by atoms with E-state index in [1.165, 1.54) is 0 Å². The molecule has 0 aliphatic carbocycles. The molecule has 0 atom stereocenters. The smallest absolute Gasteiger partial charge is 0.315 e. The van der Waals surface area contributed by atoms with E-state index >= 15 is 0 Å². The van der Waals surface area contributed by atoms with Crippen molar-refractivity contribution >= 4 is 17.4 Å². The van der Waals surface area contributed by atoms with Gasteiger partial charge in [-0.05, 0) is 23.1 Å². The van der Waals surface area contributed by atoms with E-state index in [9.17, 15) is 4.79 Å². The van der Waals surface area contributed by atoms with Crippen molar-refractivity contribution in [3.05, 3.63) is 70.9 Å². The molecule has 0 spiro atoms. The third-order valence-corrected chi connectivity index (χ3v) is 4.09. The van der Waals surface area contributed by atoms with E-state index in [0.29, 0.717) is 13.1 Å². The number of carbonyl (C=O) groups is 1. The highest BCUT2D eigenvalue weighted by molar-refractivity contribution is 7.09. The Bertz CT molecular complexity index is 722. The summed E-state index contributed by atoms with van der Waals surface area (Å²) in [5, 5.41) is 7.73. The first-order valence-corrected chi connectivity index (χ1v) is 7.81. The SMILES string of the molecule is O=C(NCc1cccs1)NCc1ccccc1-n1ccnc1. The number of benzene rings is 1. The lowest BCUT2D eigenvalue weighted by Gasteiger charge is -2.11. The van der Waals surface area contributed by atoms with Gasteiger partial charge in [0.2, 0.25) is 0 Å². The minimum Gasteiger partial charge on any atom is -0.334 e. The van der Waals surface area contributed by atoms with Gasteiger partial charge in [-0.1, -0.05) is 24.3 Å². The summed E-state index contributed by atoms with van der Waals surface area (Å²) < 4.78 is 1.93. The molecular formula is C16H16N4OS. The van der Waals surface area contributed by atoms with Gasteiger partial charge in [0.1, 0.15) is 0 Å². The van der Waals surface area contributed by atoms with Gasteiger partial charge in [-0.15, -0.1) is 11.3 Å². The molecule has 2 amide bonds. The van der Waals surface area contributed by atoms with Crippen molar-refractivity contribution in [1.29, 1.82) is 0 Å². The first-order valence-electron chi connectivity index (χ1n) is 6.93. The second-order valence-corrected chi connectivity index (χ2v) is 5.75. The fourth-order valence-corrected chi connectivity index (χ4v) is 2.78. The highest BCUT2D eigenvalue weighted by atomic mass is 32.1. The molecule has 112 valence electrons. The van der Waals surface area contributed by atoms with E-state index in [0.717, 1.165) is 16.1 Å². The summed E-state index contributed by atoms with van der Waals surface area (Å²) in [6.45, 7) is 1.01. The zero-order valence-electron chi connectivity index (χ0n) is 11.9. The van der Waals surface area contributed by atoms with E-state index in [1.54, 1.807) is 23.9 Å². The van der Waals surface area contributed by atoms with Crippen LogP contribution in [0.5, 0.6) is 0 Å². The van der Waals surface area contributed by atoms with Gasteiger partial charge < -0.3 is 15.2 Å². The Kier molecular flexibility index (Phi) is 4.50. The molecule has 0 saturated carbocycles. The summed E-state index contributed by atoms with van der Waals surface area (Å²) in [6.07, 6.45) is 5.36. The van der Waals surface area contributed by atoms with Crippen LogP contribution in [0.15, 0.2) is 60.5 Å². The second kappa shape index (κ2) is 6.91. The van der Waals surface area contributed by atoms with E-state index in [-0.39, 0.29) is 6.03 Å². The van der Waals surface area contributed by atoms with Crippen LogP contribution in [0.1, 0.15) is 10.4 Å². The van der Waals surface area contributed by atoms with Crippen LogP contribution in [0.25, 0.3) is 5.69 Å². The molecular weight excluding hydrogens is 296 g/mol. The van der Waals surface area contributed by atoms with Crippen LogP contribution in [0.2, 0.25) is 0 Å². The summed E-state index contributed by atoms with van der Waals surface area (Å²) in [5.41, 5.74) is 2.05. The standard InChI is InChI=1S/C16H16N4OS/c21-16(19-11-14-5-3-9-22-14)18-10-13-4-1-2-6-15(13)20-8-7-17-12-20/h1-9,12H,10-11H2,(H2,18,19,21). The van der Waals surface area contributed by atoms with Crippen LogP contribution in [-0.4, -0.2) is 15.6 Å². The maximum absolute atomic E-state index is 11.9. The largest absolute Gasteiger partial charge is 0.334 e. The molecule has 2 N–H and O–H groups in total. The Morgan fingerprint density at radius 1 is 1.14 bits per heavy atom. The van der Waals surface area contributed by atoms with Crippen LogP contribution >= 0.6 is 11.3 Å². The number of carbonyl (C=O) groups excluding carboxylic acids is 1. The Balaban J connectivity index is 1.58. The highest BCUT2D eigenvalue weighted by Crippen LogP contribution is 2.13. The normalized spacial score (nSPS) is 10.4. The molecule has 0 aliphatic heterocycles. The average Bonchev–Trinajstić information content (AvgIpc) is 3.24. The Labute approximate surface area is 132 Å². The van der Waals surface area contributed by atoms with Crippen molar-refractivity contribution in [2.24, 2.45) is 0 Å². The van der Waals surface area contributed by atoms with E-state index < -0.39 is 0 Å². The molecule has 0 fully saturated rings. The van der Waals surface area contributed by atoms with Crippen molar-refractivity contribution in [3.63, 3.8) is 0 Å². The van der Waals surface area contributed by atoms with Crippen molar-refractivity contribution in [1.82, 2.24) is 20.2 Å². The lowest BCUT2D eigenvalue weighted by Crippen LogP contribution is -2.34. The summed E-state index contributed by atoms with van der Waals surface area (Å²) in [5.74, 6) is 0. The minimum atomic E-state index is -0.172. The Morgan fingerprint density at radius 2 is 2.00 bits per heavy atom. The molecule has 0 aliphatic rings. The number of imidazole rings is 1. The van der Waals surface area contributed by atoms with Crippen LogP contribution in [0.4, 0.5) is 4.79 Å². The molecule has 3 aromatic rings. The molecule has 22 heavy (non-hydrogen) atoms. The number of nitrogens with zero attached hydrogens (tertiary/aromatic N) is 2. The summed E-state index contributed by atoms with van der Waals surface area (Å²) in [4.78, 5) is 17.1. The van der Waals surface area contributed by atoms with Crippen molar-refractivity contribution in [3.8, 4) is 5.69 Å². The third-order valence-electron chi connectivity index (χ3n) is 3.22. The van der Waals surface area contributed by atoms with Crippen molar-refractivity contribution in [2.75, 3.05) is 0 Å². The molecule has 1 aromatic carbocycles. The molecule has 5 nitrogen and oxygen atoms in total. The molecule has 3 rings (SSSR count). The van der Waals surface area contributed by atoms with Crippen LogP contribution in [0, 0.1) is 0 Å². The maximum atomic E-state index is 11.9. The minimum absolute atomic E-state index is 0.172. The van der Waals surface area contributed by atoms with Gasteiger partial charge in [0, 0.05) is 23.8 Å². The predicted octanol–water partition coefficient (Wildman–Crippen LogP) is 2.93. The number of hydrogen-bond acceptors (Lipinski definition) is 3. The predicted molar refractivity (Wildman–Crippen MR) is 87.0 cm³/mol. The molecule has 0 bridgehead atoms. The first-order chi connectivity index (χ1) is 10.8. The highest BCUT2D eigenvalue weighted by Gasteiger charge is 2.06. The van der Waals surface area contributed by atoms with Gasteiger partial charge in [0.05, 0.1) is 18.6 Å². The monoisotopic (exact) mass is 312 g/mol. The number of aromatic nitrogens is 2. The number of hydrogen-bond donors (Lipinski definition) is 2. The first kappa shape index (κ1) is 14.3. The van der Waals surface area contributed by atoms with Crippen LogP contribution < -0.4 is 10.6 Å². The van der Waals surface area contributed by atoms with Gasteiger partial charge in [-0.3, -0.25) is 0 Å². The van der Waals surface area contributed by atoms with E-state index in [1.807, 2.05) is 52.5 Å². The van der Waals surface area contributed by atoms with E-state index in [2.05, 4.69) is 15.6 Å². The van der Waals surface area contributed by atoms with Crippen LogP contribution in [-0.2, 0) is 13.1 Å². The Hall–Kier alpha value is -2.60. The quantitative estimate of drug-likeness (QED) is 0.761. The number of rotatable bonds is 5. The topological polar surface area (TPSA) is 59.0 Å². The lowest BCUT2D eigenvalue weighted by atomic mass is 10.1. The third kappa shape index (κ3) is 3.53. The fraction of sp³-hybridized carbons (Fsp3) is 0.125. The number of nitrogens with one attached hydrogen (secondary N) is 2. The lowest BCUT2D eigenvalue weighted by molar-refractivity contribution is 0.240. The zero-order valence-corrected chi connectivity index (χ0v) is 12.7. The molecule has 0 unspecified atom stereocenters. The molecule has 2 heterocycles. The van der Waals surface area contributed by atoms with Crippen LogP contribution in [0.3, 0.4) is 0 Å². The fourth-order valence-electron chi connectivity index (χ4n) is 2.13. The Morgan fingerprint density at radius 3 is 2.77 bits per heavy atom. The van der Waals surface area contributed by atoms with E-state index in [4.69, 9.17) is 0 Å². The maximum Gasteiger partial charge on any atom is 0.315 e.